The number of benzene rings is 8. The molecular formula is C64H54Br3F5O15. The molecule has 0 bridgehead atoms. The van der Waals surface area contributed by atoms with Gasteiger partial charge in [0.1, 0.15) is 51.8 Å². The molecule has 0 aromatic heterocycles. The number of esters is 4. The average molecular weight is 1400 g/mol. The van der Waals surface area contributed by atoms with Crippen molar-refractivity contribution in [3.05, 3.63) is 234 Å². The predicted molar refractivity (Wildman–Crippen MR) is 322 cm³/mol. The number of aldehydes is 2. The van der Waals surface area contributed by atoms with Crippen molar-refractivity contribution in [2.24, 2.45) is 0 Å². The highest BCUT2D eigenvalue weighted by Crippen LogP contribution is 2.37. The summed E-state index contributed by atoms with van der Waals surface area (Å²) in [5.41, 5.74) is 2.77. The maximum absolute atomic E-state index is 13.0. The van der Waals surface area contributed by atoms with Crippen LogP contribution in [0.3, 0.4) is 0 Å². The summed E-state index contributed by atoms with van der Waals surface area (Å²) < 4.78 is 102. The molecule has 0 saturated heterocycles. The minimum absolute atomic E-state index is 0.0528. The molecule has 2 N–H and O–H groups in total. The van der Waals surface area contributed by atoms with Crippen molar-refractivity contribution in [1.29, 1.82) is 0 Å². The first-order valence-electron chi connectivity index (χ1n) is 25.3. The summed E-state index contributed by atoms with van der Waals surface area (Å²) in [7, 11) is 5.28. The number of phenols is 2. The molecule has 0 aliphatic heterocycles. The van der Waals surface area contributed by atoms with Gasteiger partial charge >= 0.3 is 23.9 Å². The van der Waals surface area contributed by atoms with Gasteiger partial charge in [-0.15, -0.1) is 0 Å². The molecule has 0 heterocycles. The molecule has 0 aliphatic carbocycles. The molecule has 0 unspecified atom stereocenters. The zero-order valence-electron chi connectivity index (χ0n) is 46.5. The number of alkyl halides is 4. The van der Waals surface area contributed by atoms with E-state index in [2.05, 4.69) is 66.7 Å². The second kappa shape index (κ2) is 36.8. The Balaban J connectivity index is 0.000000240. The topological polar surface area (TPSA) is 207 Å². The maximum Gasteiger partial charge on any atom is 0.309 e. The van der Waals surface area contributed by atoms with E-state index >= 15 is 0 Å². The standard InChI is InChI=1S/C16H13BrF2O3.C16H13BrO4.C16H14F2O4.C9H10O3.C7H4BrFO/c1-21-15(20)8-10-3-2-4-12(7-10)22-14-6-5-11(17)9-13(14)16(18)19;1-20-16(19)8-11-3-2-4-14(7-11)21-15-6-5-13(17)9-12(15)10-18;1-21-15(20)8-10-3-2-4-12(7-10)22-14-6-5-11(19)9-13(14)16(17)18;1-12-9(11)6-7-3-2-4-8(10)5-7;8-6-1-2-7(9)5(3-6)4-10/h2-7,9,16H,8H2,1H3;2-7,9-10H,8H2,1H3;2-7,9,16,19H,8H2,1H3;2-5,10H,6H2,1H3;1-4H. The van der Waals surface area contributed by atoms with Gasteiger partial charge in [0.05, 0.1) is 76.4 Å². The number of halogens is 8. The first-order chi connectivity index (χ1) is 41.6. The van der Waals surface area contributed by atoms with Gasteiger partial charge < -0.3 is 43.4 Å². The van der Waals surface area contributed by atoms with Crippen LogP contribution in [0.25, 0.3) is 0 Å². The molecule has 87 heavy (non-hydrogen) atoms. The van der Waals surface area contributed by atoms with Crippen LogP contribution in [-0.2, 0) is 63.8 Å². The average Bonchev–Trinajstić information content (AvgIpc) is 3.17. The Hall–Kier alpha value is -8.93. The predicted octanol–water partition coefficient (Wildman–Crippen LogP) is 16.0. The molecule has 0 radical (unpaired) electrons. The Kier molecular flexibility index (Phi) is 29.9. The normalized spacial score (nSPS) is 10.1. The molecule has 0 amide bonds. The molecule has 23 heteroatoms. The van der Waals surface area contributed by atoms with Crippen LogP contribution >= 0.6 is 47.8 Å². The number of phenolic OH excluding ortho intramolecular Hbond substituents is 2. The Bertz CT molecular complexity index is 3490. The van der Waals surface area contributed by atoms with Crippen molar-refractivity contribution >= 4 is 84.2 Å². The van der Waals surface area contributed by atoms with Crippen LogP contribution in [0.1, 0.15) is 66.9 Å². The van der Waals surface area contributed by atoms with E-state index in [-0.39, 0.29) is 77.7 Å². The highest BCUT2D eigenvalue weighted by molar-refractivity contribution is 9.11. The van der Waals surface area contributed by atoms with Crippen molar-refractivity contribution in [2.45, 2.75) is 38.5 Å². The third kappa shape index (κ3) is 25.3. The van der Waals surface area contributed by atoms with Gasteiger partial charge in [-0.2, -0.15) is 0 Å². The highest BCUT2D eigenvalue weighted by Gasteiger charge is 2.18. The van der Waals surface area contributed by atoms with E-state index in [0.29, 0.717) is 54.9 Å². The van der Waals surface area contributed by atoms with Crippen LogP contribution in [0, 0.1) is 5.82 Å². The number of carbonyl (C=O) groups excluding carboxylic acids is 6. The lowest BCUT2D eigenvalue weighted by atomic mass is 10.1. The van der Waals surface area contributed by atoms with Crippen LogP contribution in [0.4, 0.5) is 22.0 Å². The van der Waals surface area contributed by atoms with Crippen molar-refractivity contribution in [2.75, 3.05) is 28.4 Å². The highest BCUT2D eigenvalue weighted by atomic mass is 79.9. The minimum atomic E-state index is -2.78. The fourth-order valence-electron chi connectivity index (χ4n) is 7.05. The van der Waals surface area contributed by atoms with Gasteiger partial charge in [-0.1, -0.05) is 96.3 Å². The minimum Gasteiger partial charge on any atom is -0.508 e. The molecule has 8 aromatic rings. The third-order valence-electron chi connectivity index (χ3n) is 11.2. The summed E-state index contributed by atoms with van der Waals surface area (Å²) in [4.78, 5) is 65.7. The number of methoxy groups -OCH3 is 4. The van der Waals surface area contributed by atoms with E-state index < -0.39 is 30.2 Å². The maximum atomic E-state index is 13.0. The van der Waals surface area contributed by atoms with E-state index in [9.17, 15) is 55.8 Å². The fraction of sp³-hybridized carbons (Fsp3) is 0.156. The van der Waals surface area contributed by atoms with Gasteiger partial charge in [0.25, 0.3) is 12.9 Å². The smallest absolute Gasteiger partial charge is 0.309 e. The number of hydrogen-bond acceptors (Lipinski definition) is 15. The van der Waals surface area contributed by atoms with Gasteiger partial charge in [0.15, 0.2) is 12.6 Å². The van der Waals surface area contributed by atoms with Gasteiger partial charge in [0.2, 0.25) is 0 Å². The van der Waals surface area contributed by atoms with E-state index in [1.165, 1.54) is 70.9 Å². The van der Waals surface area contributed by atoms with Crippen LogP contribution in [0.2, 0.25) is 0 Å². The number of rotatable bonds is 18. The van der Waals surface area contributed by atoms with Crippen molar-refractivity contribution in [3.63, 3.8) is 0 Å². The Morgan fingerprint density at radius 3 is 1.14 bits per heavy atom. The molecule has 15 nitrogen and oxygen atoms in total. The molecule has 8 aromatic carbocycles. The van der Waals surface area contributed by atoms with E-state index in [0.717, 1.165) is 28.0 Å². The Morgan fingerprint density at radius 1 is 0.414 bits per heavy atom. The quantitative estimate of drug-likeness (QED) is 0.0354. The molecule has 0 fully saturated rings. The Labute approximate surface area is 521 Å². The molecule has 0 atom stereocenters. The molecule has 456 valence electrons. The van der Waals surface area contributed by atoms with E-state index in [1.54, 1.807) is 115 Å². The molecule has 8 rings (SSSR count). The van der Waals surface area contributed by atoms with Gasteiger partial charge in [-0.25, -0.2) is 22.0 Å². The van der Waals surface area contributed by atoms with Crippen LogP contribution < -0.4 is 14.2 Å². The van der Waals surface area contributed by atoms with E-state index in [4.69, 9.17) is 19.3 Å². The van der Waals surface area contributed by atoms with Crippen LogP contribution in [0.15, 0.2) is 183 Å². The lowest BCUT2D eigenvalue weighted by Gasteiger charge is -2.12. The lowest BCUT2D eigenvalue weighted by molar-refractivity contribution is -0.140. The summed E-state index contributed by atoms with van der Waals surface area (Å²) in [5, 5.41) is 18.3. The number of hydrogen-bond donors (Lipinski definition) is 2. The number of aromatic hydroxyl groups is 2. The van der Waals surface area contributed by atoms with Crippen molar-refractivity contribution < 1.29 is 94.1 Å². The zero-order chi connectivity index (χ0) is 64.0. The van der Waals surface area contributed by atoms with Crippen molar-refractivity contribution in [1.82, 2.24) is 0 Å². The van der Waals surface area contributed by atoms with E-state index in [1.807, 2.05) is 6.07 Å². The van der Waals surface area contributed by atoms with Gasteiger partial charge in [-0.3, -0.25) is 28.8 Å². The summed E-state index contributed by atoms with van der Waals surface area (Å²) in [5.74, 6) is -0.257. The monoisotopic (exact) mass is 1390 g/mol. The first-order valence-corrected chi connectivity index (χ1v) is 27.6. The zero-order valence-corrected chi connectivity index (χ0v) is 51.3. The molecule has 0 saturated carbocycles. The second-order valence-electron chi connectivity index (χ2n) is 17.5. The van der Waals surface area contributed by atoms with Crippen LogP contribution in [-0.4, -0.2) is 75.1 Å². The summed E-state index contributed by atoms with van der Waals surface area (Å²) in [6.45, 7) is 0. The van der Waals surface area contributed by atoms with Crippen LogP contribution in [0.5, 0.6) is 46.0 Å². The van der Waals surface area contributed by atoms with Gasteiger partial charge in [0, 0.05) is 13.4 Å². The first kappa shape index (κ1) is 70.6. The Morgan fingerprint density at radius 2 is 0.747 bits per heavy atom. The molecule has 0 aliphatic rings. The van der Waals surface area contributed by atoms with Crippen molar-refractivity contribution in [3.8, 4) is 46.0 Å². The fourth-order valence-corrected chi connectivity index (χ4v) is 8.19. The lowest BCUT2D eigenvalue weighted by Crippen LogP contribution is -2.04. The summed E-state index contributed by atoms with van der Waals surface area (Å²) in [6.07, 6.45) is -3.68. The third-order valence-corrected chi connectivity index (χ3v) is 12.7. The number of ether oxygens (including phenoxy) is 7. The molecule has 0 spiro atoms. The SMILES string of the molecule is COC(=O)Cc1cccc(O)c1.COC(=O)Cc1cccc(Oc2ccc(Br)cc2C(F)F)c1.COC(=O)Cc1cccc(Oc2ccc(Br)cc2C=O)c1.COC(=O)Cc1cccc(Oc2ccc(O)cc2C(F)F)c1.O=Cc1cc(Br)ccc1F. The molecular weight excluding hydrogens is 1340 g/mol. The van der Waals surface area contributed by atoms with Gasteiger partial charge in [-0.05, 0) is 144 Å². The largest absolute Gasteiger partial charge is 0.508 e. The number of carbonyl (C=O) groups is 6. The summed E-state index contributed by atoms with van der Waals surface area (Å²) >= 11 is 9.57. The summed E-state index contributed by atoms with van der Waals surface area (Å²) in [6, 6.07) is 44.1. The second-order valence-corrected chi connectivity index (χ2v) is 20.3.